The van der Waals surface area contributed by atoms with Crippen LogP contribution in [0.25, 0.3) is 33.1 Å². The molecule has 0 atom stereocenters. The number of fused-ring (bicyclic) bond motifs is 5. The molecule has 0 bridgehead atoms. The minimum Gasteiger partial charge on any atom is -0.497 e. The number of hydrogen-bond donors (Lipinski definition) is 0. The number of Topliss-reactive ketones (excluding diaryl/α,β-unsaturated/α-hetero) is 1. The van der Waals surface area contributed by atoms with Gasteiger partial charge in [-0.15, -0.1) is 0 Å². The lowest BCUT2D eigenvalue weighted by atomic mass is 10.1. The van der Waals surface area contributed by atoms with E-state index in [1.54, 1.807) is 24.1 Å². The zero-order valence-corrected chi connectivity index (χ0v) is 18.0. The largest absolute Gasteiger partial charge is 0.497 e. The molecule has 3 aromatic carbocycles. The molecule has 1 aliphatic rings. The van der Waals surface area contributed by atoms with Crippen LogP contribution in [0.5, 0.6) is 5.75 Å². The fourth-order valence-electron chi connectivity index (χ4n) is 4.62. The van der Waals surface area contributed by atoms with Crippen molar-refractivity contribution in [2.24, 2.45) is 0 Å². The van der Waals surface area contributed by atoms with E-state index in [-0.39, 0.29) is 0 Å². The summed E-state index contributed by atoms with van der Waals surface area (Å²) in [4.78, 5) is 36.2. The average molecular weight is 436 g/mol. The second-order valence-corrected chi connectivity index (χ2v) is 8.08. The number of para-hydroxylation sites is 3. The quantitative estimate of drug-likeness (QED) is 0.383. The molecule has 3 heterocycles. The van der Waals surface area contributed by atoms with Gasteiger partial charge in [0.05, 0.1) is 34.9 Å². The van der Waals surface area contributed by atoms with Crippen LogP contribution in [-0.2, 0) is 11.3 Å². The van der Waals surface area contributed by atoms with Gasteiger partial charge in [-0.05, 0) is 48.9 Å². The fraction of sp³-hybridized carbons (Fsp3) is 0.154. The van der Waals surface area contributed by atoms with Gasteiger partial charge >= 0.3 is 0 Å². The Morgan fingerprint density at radius 3 is 2.45 bits per heavy atom. The third-order valence-electron chi connectivity index (χ3n) is 6.20. The first-order chi connectivity index (χ1) is 16.2. The van der Waals surface area contributed by atoms with E-state index >= 15 is 0 Å². The summed E-state index contributed by atoms with van der Waals surface area (Å²) in [5, 5.41) is 0.973. The Balaban J connectivity index is 1.40. The number of anilines is 1. The van der Waals surface area contributed by atoms with Crippen molar-refractivity contribution < 1.29 is 14.3 Å². The lowest BCUT2D eigenvalue weighted by Crippen LogP contribution is -2.31. The smallest absolute Gasteiger partial charge is 0.299 e. The monoisotopic (exact) mass is 436 g/mol. The Morgan fingerprint density at radius 2 is 1.64 bits per heavy atom. The molecule has 0 fully saturated rings. The van der Waals surface area contributed by atoms with Crippen LogP contribution < -0.4 is 9.64 Å². The standard InChI is InChI=1S/C26H20N4O3/c1-33-16-11-12-22-18(15-16)23-25(28-20-9-4-3-8-19(20)27-23)29(22)13-6-14-30-21-10-5-2-7-17(21)24(31)26(30)32/h2-5,7-12,15H,6,13-14H2,1H3. The number of rotatable bonds is 5. The number of ether oxygens (including phenoxy) is 1. The van der Waals surface area contributed by atoms with Crippen LogP contribution in [0.1, 0.15) is 16.8 Å². The summed E-state index contributed by atoms with van der Waals surface area (Å²) in [5.74, 6) is -0.143. The molecule has 6 rings (SSSR count). The Bertz CT molecular complexity index is 1590. The summed E-state index contributed by atoms with van der Waals surface area (Å²) in [7, 11) is 1.65. The van der Waals surface area contributed by atoms with Gasteiger partial charge in [0, 0.05) is 18.5 Å². The fourth-order valence-corrected chi connectivity index (χ4v) is 4.62. The van der Waals surface area contributed by atoms with Crippen molar-refractivity contribution in [3.8, 4) is 5.75 Å². The molecule has 0 saturated heterocycles. The van der Waals surface area contributed by atoms with Crippen molar-refractivity contribution in [1.29, 1.82) is 0 Å². The zero-order chi connectivity index (χ0) is 22.5. The van der Waals surface area contributed by atoms with E-state index in [9.17, 15) is 9.59 Å². The number of benzene rings is 3. The first-order valence-corrected chi connectivity index (χ1v) is 10.8. The molecule has 2 aromatic heterocycles. The minimum atomic E-state index is -0.464. The van der Waals surface area contributed by atoms with Gasteiger partial charge in [0.2, 0.25) is 0 Å². The second kappa shape index (κ2) is 7.41. The van der Waals surface area contributed by atoms with Gasteiger partial charge in [0.15, 0.2) is 5.65 Å². The number of methoxy groups -OCH3 is 1. The highest BCUT2D eigenvalue weighted by Gasteiger charge is 2.34. The van der Waals surface area contributed by atoms with Crippen molar-refractivity contribution in [2.45, 2.75) is 13.0 Å². The molecule has 33 heavy (non-hydrogen) atoms. The van der Waals surface area contributed by atoms with Gasteiger partial charge in [-0.25, -0.2) is 9.97 Å². The van der Waals surface area contributed by atoms with Crippen LogP contribution >= 0.6 is 0 Å². The maximum Gasteiger partial charge on any atom is 0.299 e. The molecule has 5 aromatic rings. The van der Waals surface area contributed by atoms with Crippen LogP contribution in [0.3, 0.4) is 0 Å². The first-order valence-electron chi connectivity index (χ1n) is 10.8. The van der Waals surface area contributed by atoms with E-state index in [1.807, 2.05) is 54.6 Å². The van der Waals surface area contributed by atoms with Gasteiger partial charge in [-0.1, -0.05) is 24.3 Å². The van der Waals surface area contributed by atoms with Crippen molar-refractivity contribution >= 4 is 50.5 Å². The van der Waals surface area contributed by atoms with Crippen LogP contribution in [0.15, 0.2) is 66.7 Å². The Kier molecular flexibility index (Phi) is 4.36. The van der Waals surface area contributed by atoms with Crippen molar-refractivity contribution in [1.82, 2.24) is 14.5 Å². The molecular formula is C26H20N4O3. The topological polar surface area (TPSA) is 77.3 Å². The second-order valence-electron chi connectivity index (χ2n) is 8.08. The van der Waals surface area contributed by atoms with E-state index in [1.165, 1.54) is 0 Å². The lowest BCUT2D eigenvalue weighted by molar-refractivity contribution is -0.114. The highest BCUT2D eigenvalue weighted by molar-refractivity contribution is 6.52. The van der Waals surface area contributed by atoms with E-state index in [0.29, 0.717) is 30.8 Å². The number of nitrogens with zero attached hydrogens (tertiary/aromatic N) is 4. The number of hydrogen-bond acceptors (Lipinski definition) is 5. The van der Waals surface area contributed by atoms with Gasteiger partial charge in [0.25, 0.3) is 11.7 Å². The summed E-state index contributed by atoms with van der Waals surface area (Å²) in [5.41, 5.74) is 5.45. The SMILES string of the molecule is COc1ccc2c(c1)c1nc3ccccc3nc1n2CCCN1C(=O)C(=O)c2ccccc21. The molecule has 0 N–H and O–H groups in total. The van der Waals surface area contributed by atoms with Gasteiger partial charge in [0.1, 0.15) is 11.3 Å². The van der Waals surface area contributed by atoms with Crippen LogP contribution in [0.2, 0.25) is 0 Å². The van der Waals surface area contributed by atoms with Crippen molar-refractivity contribution in [3.63, 3.8) is 0 Å². The molecule has 0 spiro atoms. The summed E-state index contributed by atoms with van der Waals surface area (Å²) in [6, 6.07) is 20.9. The molecular weight excluding hydrogens is 416 g/mol. The lowest BCUT2D eigenvalue weighted by Gasteiger charge is -2.17. The van der Waals surface area contributed by atoms with E-state index in [0.717, 1.165) is 38.8 Å². The van der Waals surface area contributed by atoms with Crippen LogP contribution in [0, 0.1) is 0 Å². The van der Waals surface area contributed by atoms with E-state index in [4.69, 9.17) is 14.7 Å². The average Bonchev–Trinajstić information content (AvgIpc) is 3.28. The predicted molar refractivity (Wildman–Crippen MR) is 127 cm³/mol. The molecule has 0 radical (unpaired) electrons. The van der Waals surface area contributed by atoms with Gasteiger partial charge < -0.3 is 14.2 Å². The van der Waals surface area contributed by atoms with Crippen LogP contribution in [-0.4, -0.2) is 39.9 Å². The van der Waals surface area contributed by atoms with E-state index < -0.39 is 11.7 Å². The maximum absolute atomic E-state index is 12.5. The third kappa shape index (κ3) is 2.96. The molecule has 0 saturated carbocycles. The normalized spacial score (nSPS) is 13.4. The number of aromatic nitrogens is 3. The summed E-state index contributed by atoms with van der Waals surface area (Å²) in [6.45, 7) is 1.07. The Morgan fingerprint density at radius 1 is 0.879 bits per heavy atom. The third-order valence-corrected chi connectivity index (χ3v) is 6.20. The molecule has 0 aliphatic carbocycles. The Hall–Kier alpha value is -4.26. The first kappa shape index (κ1) is 19.4. The summed E-state index contributed by atoms with van der Waals surface area (Å²) < 4.78 is 7.57. The zero-order valence-electron chi connectivity index (χ0n) is 18.0. The predicted octanol–water partition coefficient (Wildman–Crippen LogP) is 4.37. The number of carbonyl (C=O) groups excluding carboxylic acids is 2. The minimum absolute atomic E-state index is 0.438. The molecule has 7 nitrogen and oxygen atoms in total. The number of carbonyl (C=O) groups is 2. The van der Waals surface area contributed by atoms with Gasteiger partial charge in [-0.3, -0.25) is 9.59 Å². The summed E-state index contributed by atoms with van der Waals surface area (Å²) >= 11 is 0. The molecule has 1 amide bonds. The summed E-state index contributed by atoms with van der Waals surface area (Å²) in [6.07, 6.45) is 0.659. The number of ketones is 1. The molecule has 162 valence electrons. The maximum atomic E-state index is 12.5. The van der Waals surface area contributed by atoms with Crippen molar-refractivity contribution in [2.75, 3.05) is 18.6 Å². The highest BCUT2D eigenvalue weighted by Crippen LogP contribution is 2.32. The molecule has 7 heteroatoms. The highest BCUT2D eigenvalue weighted by atomic mass is 16.5. The molecule has 1 aliphatic heterocycles. The molecule has 0 unspecified atom stereocenters. The van der Waals surface area contributed by atoms with E-state index in [2.05, 4.69) is 4.57 Å². The number of aryl methyl sites for hydroxylation is 1. The Labute approximate surface area is 189 Å². The van der Waals surface area contributed by atoms with Crippen molar-refractivity contribution in [3.05, 3.63) is 72.3 Å². The van der Waals surface area contributed by atoms with Gasteiger partial charge in [-0.2, -0.15) is 0 Å². The number of amides is 1. The van der Waals surface area contributed by atoms with Crippen LogP contribution in [0.4, 0.5) is 5.69 Å².